The van der Waals surface area contributed by atoms with Crippen molar-refractivity contribution in [2.75, 3.05) is 52.9 Å². The number of nitrogens with zero attached hydrogens (tertiary/aromatic N) is 5. The topological polar surface area (TPSA) is 154 Å². The first-order valence-electron chi connectivity index (χ1n) is 14.9. The van der Waals surface area contributed by atoms with Gasteiger partial charge in [0, 0.05) is 42.9 Å². The number of nitrogens with one attached hydrogen (secondary N) is 1. The highest BCUT2D eigenvalue weighted by Gasteiger charge is 2.28. The molecule has 2 aromatic carbocycles. The number of aromatic nitrogens is 2. The quantitative estimate of drug-likeness (QED) is 0.281. The third-order valence-electron chi connectivity index (χ3n) is 8.08. The van der Waals surface area contributed by atoms with E-state index in [9.17, 15) is 19.5 Å². The average Bonchev–Trinajstić information content (AvgIpc) is 3.03. The first kappa shape index (κ1) is 30.0. The van der Waals surface area contributed by atoms with Gasteiger partial charge in [-0.2, -0.15) is 0 Å². The standard InChI is InChI=1S/C33H35N7O5/c1-21-13-24(34)19-38(17-21)28-9-10-35-16-27(28)37-32(42)31-29(40(33(43)44)18-22-5-3-2-4-6-22)14-23-7-8-25(15-26(23)36-31)39-11-12-45-20-30(39)41/h2-10,14-16,21,24H,11-13,17-20,34H2,1H3,(H,37,42)(H,43,44)/t21-,24+/m1/s1. The number of rotatable bonds is 7. The minimum atomic E-state index is -1.23. The maximum atomic E-state index is 14.1. The second-order valence-corrected chi connectivity index (χ2v) is 11.5. The molecular formula is C33H35N7O5. The molecule has 4 heterocycles. The molecule has 2 fully saturated rings. The van der Waals surface area contributed by atoms with Crippen LogP contribution in [0.2, 0.25) is 0 Å². The number of pyridine rings is 2. The van der Waals surface area contributed by atoms with E-state index >= 15 is 0 Å². The van der Waals surface area contributed by atoms with Gasteiger partial charge in [-0.15, -0.1) is 0 Å². The van der Waals surface area contributed by atoms with Crippen LogP contribution in [0.4, 0.5) is 27.5 Å². The van der Waals surface area contributed by atoms with Gasteiger partial charge in [-0.05, 0) is 42.2 Å². The Morgan fingerprint density at radius 1 is 1.13 bits per heavy atom. The molecule has 12 heteroatoms. The molecule has 0 saturated carbocycles. The number of fused-ring (bicyclic) bond motifs is 1. The average molecular weight is 610 g/mol. The number of nitrogens with two attached hydrogens (primary N) is 1. The summed E-state index contributed by atoms with van der Waals surface area (Å²) in [5.41, 5.74) is 9.42. The molecule has 6 rings (SSSR count). The van der Waals surface area contributed by atoms with E-state index in [-0.39, 0.29) is 36.5 Å². The lowest BCUT2D eigenvalue weighted by Crippen LogP contribution is -2.46. The molecule has 2 atom stereocenters. The Balaban J connectivity index is 1.42. The Morgan fingerprint density at radius 2 is 1.96 bits per heavy atom. The first-order valence-corrected chi connectivity index (χ1v) is 14.9. The number of carboxylic acid groups (broad SMARTS) is 1. The smallest absolute Gasteiger partial charge is 0.412 e. The van der Waals surface area contributed by atoms with Crippen molar-refractivity contribution in [3.63, 3.8) is 0 Å². The van der Waals surface area contributed by atoms with Crippen LogP contribution in [0, 0.1) is 5.92 Å². The maximum absolute atomic E-state index is 14.1. The van der Waals surface area contributed by atoms with Gasteiger partial charge in [0.1, 0.15) is 6.61 Å². The molecule has 2 aliphatic heterocycles. The summed E-state index contributed by atoms with van der Waals surface area (Å²) in [6.07, 6.45) is 2.91. The van der Waals surface area contributed by atoms with Crippen LogP contribution in [0.3, 0.4) is 0 Å². The number of carbonyl (C=O) groups excluding carboxylic acids is 2. The van der Waals surface area contributed by atoms with Crippen LogP contribution >= 0.6 is 0 Å². The Labute approximate surface area is 260 Å². The first-order chi connectivity index (χ1) is 21.8. The van der Waals surface area contributed by atoms with Crippen molar-refractivity contribution in [2.24, 2.45) is 11.7 Å². The predicted octanol–water partition coefficient (Wildman–Crippen LogP) is 4.10. The van der Waals surface area contributed by atoms with E-state index in [1.165, 1.54) is 0 Å². The van der Waals surface area contributed by atoms with Gasteiger partial charge in [0.15, 0.2) is 5.69 Å². The van der Waals surface area contributed by atoms with Gasteiger partial charge < -0.3 is 30.7 Å². The van der Waals surface area contributed by atoms with Gasteiger partial charge in [0.05, 0.1) is 41.9 Å². The highest BCUT2D eigenvalue weighted by Crippen LogP contribution is 2.33. The van der Waals surface area contributed by atoms with Gasteiger partial charge >= 0.3 is 6.09 Å². The van der Waals surface area contributed by atoms with Gasteiger partial charge in [-0.1, -0.05) is 43.3 Å². The van der Waals surface area contributed by atoms with E-state index < -0.39 is 12.0 Å². The van der Waals surface area contributed by atoms with E-state index in [4.69, 9.17) is 15.5 Å². The molecule has 0 bridgehead atoms. The summed E-state index contributed by atoms with van der Waals surface area (Å²) in [6.45, 7) is 4.33. The summed E-state index contributed by atoms with van der Waals surface area (Å²) in [5, 5.41) is 13.9. The van der Waals surface area contributed by atoms with E-state index in [0.29, 0.717) is 47.9 Å². The number of carbonyl (C=O) groups is 3. The van der Waals surface area contributed by atoms with Crippen molar-refractivity contribution in [1.82, 2.24) is 9.97 Å². The van der Waals surface area contributed by atoms with Crippen LogP contribution in [0.25, 0.3) is 10.9 Å². The fourth-order valence-electron chi connectivity index (χ4n) is 6.04. The number of anilines is 4. The Bertz CT molecular complexity index is 1720. The second kappa shape index (κ2) is 12.9. The minimum absolute atomic E-state index is 0.00566. The number of piperidine rings is 1. The summed E-state index contributed by atoms with van der Waals surface area (Å²) >= 11 is 0. The molecule has 45 heavy (non-hydrogen) atoms. The van der Waals surface area contributed by atoms with E-state index in [1.54, 1.807) is 41.6 Å². The number of morpholine rings is 1. The SMILES string of the molecule is C[C@@H]1C[C@H](N)CN(c2ccncc2NC(=O)c2nc3cc(N4CCOCC4=O)ccc3cc2N(Cc2ccccc2)C(=O)O)C1. The number of benzene rings is 2. The zero-order valence-electron chi connectivity index (χ0n) is 24.9. The normalized spacial score (nSPS) is 18.6. The lowest BCUT2D eigenvalue weighted by Gasteiger charge is -2.37. The summed E-state index contributed by atoms with van der Waals surface area (Å²) in [6, 6.07) is 17.9. The van der Waals surface area contributed by atoms with Crippen molar-refractivity contribution < 1.29 is 24.2 Å². The van der Waals surface area contributed by atoms with E-state index in [0.717, 1.165) is 29.1 Å². The van der Waals surface area contributed by atoms with E-state index in [2.05, 4.69) is 22.1 Å². The minimum Gasteiger partial charge on any atom is -0.465 e. The predicted molar refractivity (Wildman–Crippen MR) is 172 cm³/mol. The zero-order valence-corrected chi connectivity index (χ0v) is 24.9. The summed E-state index contributed by atoms with van der Waals surface area (Å²) in [4.78, 5) is 53.2. The third-order valence-corrected chi connectivity index (χ3v) is 8.08. The lowest BCUT2D eigenvalue weighted by atomic mass is 9.96. The van der Waals surface area contributed by atoms with Crippen molar-refractivity contribution in [3.8, 4) is 0 Å². The molecule has 2 saturated heterocycles. The monoisotopic (exact) mass is 609 g/mol. The number of ether oxygens (including phenoxy) is 1. The van der Waals surface area contributed by atoms with E-state index in [1.807, 2.05) is 36.4 Å². The highest BCUT2D eigenvalue weighted by molar-refractivity contribution is 6.11. The molecule has 0 unspecified atom stereocenters. The van der Waals surface area contributed by atoms with Crippen LogP contribution in [0.1, 0.15) is 29.4 Å². The number of amides is 3. The fourth-order valence-corrected chi connectivity index (χ4v) is 6.04. The van der Waals surface area contributed by atoms with Crippen molar-refractivity contribution in [1.29, 1.82) is 0 Å². The molecule has 232 valence electrons. The van der Waals surface area contributed by atoms with Crippen molar-refractivity contribution in [2.45, 2.75) is 25.9 Å². The van der Waals surface area contributed by atoms with Crippen LogP contribution in [-0.4, -0.2) is 71.9 Å². The third kappa shape index (κ3) is 6.56. The van der Waals surface area contributed by atoms with Crippen molar-refractivity contribution in [3.05, 3.63) is 84.3 Å². The molecule has 0 radical (unpaired) electrons. The summed E-state index contributed by atoms with van der Waals surface area (Å²) in [7, 11) is 0. The molecule has 0 spiro atoms. The van der Waals surface area contributed by atoms with Crippen LogP contribution in [0.5, 0.6) is 0 Å². The molecule has 12 nitrogen and oxygen atoms in total. The molecule has 3 amide bonds. The number of hydrogen-bond donors (Lipinski definition) is 3. The highest BCUT2D eigenvalue weighted by atomic mass is 16.5. The van der Waals surface area contributed by atoms with Crippen LogP contribution in [-0.2, 0) is 16.1 Å². The molecule has 2 aromatic heterocycles. The Morgan fingerprint density at radius 3 is 2.71 bits per heavy atom. The van der Waals surface area contributed by atoms with Gasteiger partial charge in [0.2, 0.25) is 0 Å². The van der Waals surface area contributed by atoms with Gasteiger partial charge in [-0.3, -0.25) is 19.5 Å². The fraction of sp³-hybridized carbons (Fsp3) is 0.303. The summed E-state index contributed by atoms with van der Waals surface area (Å²) in [5.74, 6) is -0.400. The molecule has 4 aromatic rings. The van der Waals surface area contributed by atoms with Crippen LogP contribution < -0.4 is 25.8 Å². The zero-order chi connectivity index (χ0) is 31.5. The molecular weight excluding hydrogens is 574 g/mol. The Kier molecular flexibility index (Phi) is 8.58. The largest absolute Gasteiger partial charge is 0.465 e. The molecule has 4 N–H and O–H groups in total. The van der Waals surface area contributed by atoms with Gasteiger partial charge in [-0.25, -0.2) is 9.78 Å². The van der Waals surface area contributed by atoms with Gasteiger partial charge in [0.25, 0.3) is 11.8 Å². The number of hydrogen-bond acceptors (Lipinski definition) is 8. The van der Waals surface area contributed by atoms with Crippen LogP contribution in [0.15, 0.2) is 73.1 Å². The molecule has 0 aliphatic carbocycles. The van der Waals surface area contributed by atoms with Crippen molar-refractivity contribution >= 4 is 51.6 Å². The second-order valence-electron chi connectivity index (χ2n) is 11.5. The summed E-state index contributed by atoms with van der Waals surface area (Å²) < 4.78 is 5.27. The maximum Gasteiger partial charge on any atom is 0.412 e. The molecule has 2 aliphatic rings. The Hall–Kier alpha value is -5.07. The lowest BCUT2D eigenvalue weighted by molar-refractivity contribution is -0.125.